The first kappa shape index (κ1) is 16.0. The van der Waals surface area contributed by atoms with Gasteiger partial charge in [-0.1, -0.05) is 35.9 Å². The SMILES string of the molecule is N#C/C(=C/c1ccc(Cl)cc1)c1nc(-c2nc3ccccc3s2)cs1. The molecule has 0 unspecified atom stereocenters. The fraction of sp³-hybridized carbons (Fsp3) is 0. The number of benzene rings is 2. The van der Waals surface area contributed by atoms with E-state index in [1.807, 2.05) is 47.9 Å². The van der Waals surface area contributed by atoms with Gasteiger partial charge in [-0.15, -0.1) is 22.7 Å². The number of allylic oxidation sites excluding steroid dienone is 1. The molecule has 4 rings (SSSR count). The van der Waals surface area contributed by atoms with Crippen molar-refractivity contribution in [2.24, 2.45) is 0 Å². The highest BCUT2D eigenvalue weighted by atomic mass is 35.5. The molecule has 0 saturated carbocycles. The van der Waals surface area contributed by atoms with Gasteiger partial charge in [-0.3, -0.25) is 0 Å². The Balaban J connectivity index is 1.69. The van der Waals surface area contributed by atoms with E-state index in [0.29, 0.717) is 15.6 Å². The minimum absolute atomic E-state index is 0.527. The van der Waals surface area contributed by atoms with Gasteiger partial charge >= 0.3 is 0 Å². The Kier molecular flexibility index (Phi) is 4.33. The van der Waals surface area contributed by atoms with Crippen molar-refractivity contribution in [1.29, 1.82) is 5.26 Å². The normalized spacial score (nSPS) is 11.6. The van der Waals surface area contributed by atoms with E-state index in [4.69, 9.17) is 11.6 Å². The van der Waals surface area contributed by atoms with Crippen molar-refractivity contribution in [2.75, 3.05) is 0 Å². The van der Waals surface area contributed by atoms with Crippen LogP contribution in [0.15, 0.2) is 53.9 Å². The molecule has 3 nitrogen and oxygen atoms in total. The van der Waals surface area contributed by atoms with E-state index in [-0.39, 0.29) is 0 Å². The smallest absolute Gasteiger partial charge is 0.144 e. The molecule has 6 heteroatoms. The van der Waals surface area contributed by atoms with Gasteiger partial charge < -0.3 is 0 Å². The lowest BCUT2D eigenvalue weighted by molar-refractivity contribution is 1.34. The number of nitrogens with zero attached hydrogens (tertiary/aromatic N) is 3. The van der Waals surface area contributed by atoms with Crippen LogP contribution < -0.4 is 0 Å². The molecule has 120 valence electrons. The lowest BCUT2D eigenvalue weighted by atomic mass is 10.1. The molecule has 0 N–H and O–H groups in total. The van der Waals surface area contributed by atoms with E-state index in [9.17, 15) is 5.26 Å². The van der Waals surface area contributed by atoms with E-state index in [1.54, 1.807) is 23.5 Å². The molecule has 0 radical (unpaired) electrons. The number of halogens is 1. The zero-order valence-corrected chi connectivity index (χ0v) is 15.2. The Morgan fingerprint density at radius 3 is 2.64 bits per heavy atom. The highest BCUT2D eigenvalue weighted by molar-refractivity contribution is 7.22. The lowest BCUT2D eigenvalue weighted by Crippen LogP contribution is -1.82. The predicted octanol–water partition coefficient (Wildman–Crippen LogP) is 6.14. The molecule has 0 aliphatic carbocycles. The topological polar surface area (TPSA) is 49.6 Å². The maximum absolute atomic E-state index is 9.50. The molecule has 0 fully saturated rings. The van der Waals surface area contributed by atoms with Crippen LogP contribution in [0.4, 0.5) is 0 Å². The molecule has 2 heterocycles. The molecular weight excluding hydrogens is 370 g/mol. The number of para-hydroxylation sites is 1. The summed E-state index contributed by atoms with van der Waals surface area (Å²) in [5.41, 5.74) is 3.21. The van der Waals surface area contributed by atoms with Gasteiger partial charge in [0.15, 0.2) is 0 Å². The number of rotatable bonds is 3. The summed E-state index contributed by atoms with van der Waals surface area (Å²) in [6.07, 6.45) is 1.82. The minimum atomic E-state index is 0.527. The van der Waals surface area contributed by atoms with Crippen molar-refractivity contribution in [1.82, 2.24) is 9.97 Å². The summed E-state index contributed by atoms with van der Waals surface area (Å²) in [6, 6.07) is 17.6. The summed E-state index contributed by atoms with van der Waals surface area (Å²) in [6.45, 7) is 0. The van der Waals surface area contributed by atoms with Crippen molar-refractivity contribution in [3.8, 4) is 16.8 Å². The number of hydrogen-bond acceptors (Lipinski definition) is 5. The highest BCUT2D eigenvalue weighted by Gasteiger charge is 2.12. The Morgan fingerprint density at radius 1 is 1.08 bits per heavy atom. The van der Waals surface area contributed by atoms with E-state index < -0.39 is 0 Å². The Bertz CT molecular complexity index is 1080. The van der Waals surface area contributed by atoms with Crippen molar-refractivity contribution < 1.29 is 0 Å². The summed E-state index contributed by atoms with van der Waals surface area (Å²) in [7, 11) is 0. The van der Waals surface area contributed by atoms with E-state index >= 15 is 0 Å². The van der Waals surface area contributed by atoms with Crippen LogP contribution in [0, 0.1) is 11.3 Å². The number of nitriles is 1. The molecule has 25 heavy (non-hydrogen) atoms. The van der Waals surface area contributed by atoms with Crippen LogP contribution in [-0.2, 0) is 0 Å². The zero-order chi connectivity index (χ0) is 17.2. The predicted molar refractivity (Wildman–Crippen MR) is 106 cm³/mol. The van der Waals surface area contributed by atoms with Crippen LogP contribution in [0.5, 0.6) is 0 Å². The third-order valence-corrected chi connectivity index (χ3v) is 5.74. The van der Waals surface area contributed by atoms with Crippen LogP contribution in [0.2, 0.25) is 5.02 Å². The standard InChI is InChI=1S/C19H10ClN3S2/c20-14-7-5-12(6-8-14)9-13(10-21)18-23-16(11-24-18)19-22-15-3-1-2-4-17(15)25-19/h1-9,11H/b13-9-. The quantitative estimate of drug-likeness (QED) is 0.402. The lowest BCUT2D eigenvalue weighted by Gasteiger charge is -1.96. The Labute approximate surface area is 157 Å². The van der Waals surface area contributed by atoms with Crippen molar-refractivity contribution >= 4 is 56.1 Å². The molecule has 0 saturated heterocycles. The molecule has 0 atom stereocenters. The molecule has 0 amide bonds. The first-order valence-corrected chi connectivity index (χ1v) is 9.49. The van der Waals surface area contributed by atoms with Gasteiger partial charge in [0, 0.05) is 10.4 Å². The summed E-state index contributed by atoms with van der Waals surface area (Å²) < 4.78 is 1.13. The maximum atomic E-state index is 9.50. The number of aromatic nitrogens is 2. The first-order valence-electron chi connectivity index (χ1n) is 7.42. The first-order chi connectivity index (χ1) is 12.2. The number of thiazole rings is 2. The fourth-order valence-corrected chi connectivity index (χ4v) is 4.24. The second-order valence-corrected chi connectivity index (χ2v) is 7.57. The number of fused-ring (bicyclic) bond motifs is 1. The monoisotopic (exact) mass is 379 g/mol. The third-order valence-electron chi connectivity index (χ3n) is 3.55. The van der Waals surface area contributed by atoms with Crippen LogP contribution in [-0.4, -0.2) is 9.97 Å². The fourth-order valence-electron chi connectivity index (χ4n) is 2.34. The van der Waals surface area contributed by atoms with Gasteiger partial charge in [0.1, 0.15) is 21.8 Å². The van der Waals surface area contributed by atoms with Crippen LogP contribution in [0.3, 0.4) is 0 Å². The summed E-state index contributed by atoms with van der Waals surface area (Å²) in [5, 5.41) is 13.7. The zero-order valence-electron chi connectivity index (χ0n) is 12.8. The van der Waals surface area contributed by atoms with Crippen LogP contribution in [0.25, 0.3) is 32.6 Å². The van der Waals surface area contributed by atoms with Gasteiger partial charge in [0.2, 0.25) is 0 Å². The average Bonchev–Trinajstić information content (AvgIpc) is 3.28. The van der Waals surface area contributed by atoms with Crippen molar-refractivity contribution in [3.05, 3.63) is 69.5 Å². The van der Waals surface area contributed by atoms with Gasteiger partial charge in [-0.2, -0.15) is 5.26 Å². The highest BCUT2D eigenvalue weighted by Crippen LogP contribution is 2.32. The van der Waals surface area contributed by atoms with Gasteiger partial charge in [-0.25, -0.2) is 9.97 Å². The molecule has 0 spiro atoms. The molecule has 2 aromatic carbocycles. The van der Waals surface area contributed by atoms with Gasteiger partial charge in [0.05, 0.1) is 15.8 Å². The molecule has 4 aromatic rings. The summed E-state index contributed by atoms with van der Waals surface area (Å²) in [5.74, 6) is 0. The van der Waals surface area contributed by atoms with Crippen LogP contribution in [0.1, 0.15) is 10.6 Å². The number of hydrogen-bond donors (Lipinski definition) is 0. The van der Waals surface area contributed by atoms with E-state index in [2.05, 4.69) is 16.0 Å². The molecule has 2 aromatic heterocycles. The molecular formula is C19H10ClN3S2. The second-order valence-electron chi connectivity index (χ2n) is 5.25. The maximum Gasteiger partial charge on any atom is 0.144 e. The largest absolute Gasteiger partial charge is 0.234 e. The average molecular weight is 380 g/mol. The van der Waals surface area contributed by atoms with E-state index in [1.165, 1.54) is 11.3 Å². The Morgan fingerprint density at radius 2 is 1.88 bits per heavy atom. The summed E-state index contributed by atoms with van der Waals surface area (Å²) in [4.78, 5) is 9.23. The van der Waals surface area contributed by atoms with Crippen molar-refractivity contribution in [3.63, 3.8) is 0 Å². The van der Waals surface area contributed by atoms with E-state index in [0.717, 1.165) is 26.5 Å². The third kappa shape index (κ3) is 3.33. The summed E-state index contributed by atoms with van der Waals surface area (Å²) >= 11 is 8.95. The molecule has 0 bridgehead atoms. The Hall–Kier alpha value is -2.52. The van der Waals surface area contributed by atoms with Gasteiger partial charge in [0.25, 0.3) is 0 Å². The second kappa shape index (κ2) is 6.77. The van der Waals surface area contributed by atoms with Gasteiger partial charge in [-0.05, 0) is 35.9 Å². The van der Waals surface area contributed by atoms with Crippen molar-refractivity contribution in [2.45, 2.75) is 0 Å². The molecule has 0 aliphatic heterocycles. The molecule has 0 aliphatic rings. The van der Waals surface area contributed by atoms with Crippen LogP contribution >= 0.6 is 34.3 Å². The minimum Gasteiger partial charge on any atom is -0.234 e.